The zero-order valence-electron chi connectivity index (χ0n) is 14.4. The van der Waals surface area contributed by atoms with Crippen LogP contribution < -0.4 is 10.1 Å². The van der Waals surface area contributed by atoms with Gasteiger partial charge in [-0.05, 0) is 72.3 Å². The summed E-state index contributed by atoms with van der Waals surface area (Å²) in [4.78, 5) is 20.6. The number of carbonyl (C=O) groups excluding carboxylic acids is 1. The van der Waals surface area contributed by atoms with Gasteiger partial charge in [-0.3, -0.25) is 4.79 Å². The summed E-state index contributed by atoms with van der Waals surface area (Å²) in [5.74, 6) is 0.705. The molecule has 0 unspecified atom stereocenters. The lowest BCUT2D eigenvalue weighted by Gasteiger charge is -2.09. The van der Waals surface area contributed by atoms with Gasteiger partial charge >= 0.3 is 0 Å². The molecule has 4 rings (SSSR count). The van der Waals surface area contributed by atoms with Crippen LogP contribution in [0.25, 0.3) is 10.9 Å². The van der Waals surface area contributed by atoms with Crippen molar-refractivity contribution in [2.45, 2.75) is 0 Å². The molecule has 0 fully saturated rings. The summed E-state index contributed by atoms with van der Waals surface area (Å²) >= 11 is 11.8. The third-order valence-corrected chi connectivity index (χ3v) is 4.40. The molecule has 1 amide bonds. The third-order valence-electron chi connectivity index (χ3n) is 3.97. The highest BCUT2D eigenvalue weighted by Gasteiger charge is 2.10. The van der Waals surface area contributed by atoms with Crippen LogP contribution in [0.1, 0.15) is 10.4 Å². The second kappa shape index (κ2) is 7.84. The van der Waals surface area contributed by atoms with Crippen LogP contribution in [0.5, 0.6) is 11.6 Å². The van der Waals surface area contributed by atoms with Crippen LogP contribution in [-0.2, 0) is 0 Å². The summed E-state index contributed by atoms with van der Waals surface area (Å²) in [6.45, 7) is 0. The van der Waals surface area contributed by atoms with E-state index in [-0.39, 0.29) is 11.2 Å². The average molecular weight is 410 g/mol. The number of para-hydroxylation sites is 1. The number of aromatic nitrogens is 2. The highest BCUT2D eigenvalue weighted by molar-refractivity contribution is 6.30. The number of rotatable bonds is 4. The van der Waals surface area contributed by atoms with Gasteiger partial charge in [-0.25, -0.2) is 4.98 Å². The van der Waals surface area contributed by atoms with E-state index in [9.17, 15) is 4.79 Å². The van der Waals surface area contributed by atoms with E-state index < -0.39 is 0 Å². The quantitative estimate of drug-likeness (QED) is 0.421. The molecule has 0 spiro atoms. The average Bonchev–Trinajstić information content (AvgIpc) is 2.70. The van der Waals surface area contributed by atoms with Gasteiger partial charge in [0.25, 0.3) is 5.91 Å². The first kappa shape index (κ1) is 18.2. The molecule has 5 nitrogen and oxygen atoms in total. The summed E-state index contributed by atoms with van der Waals surface area (Å²) in [7, 11) is 0. The van der Waals surface area contributed by atoms with Crippen molar-refractivity contribution >= 4 is 45.7 Å². The normalized spacial score (nSPS) is 10.6. The minimum atomic E-state index is -0.223. The Hall–Kier alpha value is -3.15. The van der Waals surface area contributed by atoms with Gasteiger partial charge in [-0.1, -0.05) is 23.7 Å². The lowest BCUT2D eigenvalue weighted by atomic mass is 10.2. The SMILES string of the molecule is O=C(Nc1ccc(Oc2nc(Cl)nc3ccccc23)cc1)c1ccc(Cl)cc1. The van der Waals surface area contributed by atoms with Crippen LogP contribution in [0.3, 0.4) is 0 Å². The number of hydrogen-bond acceptors (Lipinski definition) is 4. The Balaban J connectivity index is 1.51. The molecule has 0 aliphatic carbocycles. The van der Waals surface area contributed by atoms with Crippen LogP contribution in [-0.4, -0.2) is 15.9 Å². The lowest BCUT2D eigenvalue weighted by Crippen LogP contribution is -2.11. The Morgan fingerprint density at radius 1 is 0.857 bits per heavy atom. The summed E-state index contributed by atoms with van der Waals surface area (Å²) in [5, 5.41) is 4.27. The smallest absolute Gasteiger partial charge is 0.255 e. The number of ether oxygens (including phenoxy) is 1. The number of hydrogen-bond donors (Lipinski definition) is 1. The molecule has 1 N–H and O–H groups in total. The van der Waals surface area contributed by atoms with Gasteiger partial charge in [0.1, 0.15) is 5.75 Å². The molecule has 28 heavy (non-hydrogen) atoms. The maximum Gasteiger partial charge on any atom is 0.255 e. The Morgan fingerprint density at radius 2 is 1.57 bits per heavy atom. The van der Waals surface area contributed by atoms with Gasteiger partial charge in [0, 0.05) is 16.3 Å². The fraction of sp³-hybridized carbons (Fsp3) is 0. The Kier molecular flexibility index (Phi) is 5.10. The van der Waals surface area contributed by atoms with Crippen molar-refractivity contribution in [3.63, 3.8) is 0 Å². The molecule has 1 aromatic heterocycles. The number of anilines is 1. The van der Waals surface area contributed by atoms with Crippen LogP contribution in [0.4, 0.5) is 5.69 Å². The molecule has 0 saturated heterocycles. The van der Waals surface area contributed by atoms with Gasteiger partial charge in [0.2, 0.25) is 11.2 Å². The number of nitrogens with one attached hydrogen (secondary N) is 1. The first-order valence-electron chi connectivity index (χ1n) is 8.35. The zero-order chi connectivity index (χ0) is 19.5. The number of amides is 1. The van der Waals surface area contributed by atoms with Gasteiger partial charge in [0.05, 0.1) is 10.9 Å². The van der Waals surface area contributed by atoms with Gasteiger partial charge in [-0.15, -0.1) is 0 Å². The Morgan fingerprint density at radius 3 is 2.32 bits per heavy atom. The van der Waals surface area contributed by atoms with E-state index in [1.165, 1.54) is 0 Å². The van der Waals surface area contributed by atoms with Crippen molar-refractivity contribution in [1.29, 1.82) is 0 Å². The molecule has 0 aliphatic rings. The molecule has 0 atom stereocenters. The predicted molar refractivity (Wildman–Crippen MR) is 110 cm³/mol. The van der Waals surface area contributed by atoms with Crippen molar-refractivity contribution in [3.05, 3.63) is 88.7 Å². The monoisotopic (exact) mass is 409 g/mol. The number of halogens is 2. The molecule has 138 valence electrons. The van der Waals surface area contributed by atoms with Crippen molar-refractivity contribution in [2.24, 2.45) is 0 Å². The third kappa shape index (κ3) is 4.06. The molecular weight excluding hydrogens is 397 g/mol. The molecule has 0 radical (unpaired) electrons. The van der Waals surface area contributed by atoms with E-state index in [0.717, 1.165) is 5.39 Å². The second-order valence-electron chi connectivity index (χ2n) is 5.90. The summed E-state index contributed by atoms with van der Waals surface area (Å²) in [6.07, 6.45) is 0. The zero-order valence-corrected chi connectivity index (χ0v) is 15.9. The predicted octanol–water partition coefficient (Wildman–Crippen LogP) is 5.98. The van der Waals surface area contributed by atoms with E-state index in [1.807, 2.05) is 24.3 Å². The second-order valence-corrected chi connectivity index (χ2v) is 6.68. The molecule has 3 aromatic carbocycles. The summed E-state index contributed by atoms with van der Waals surface area (Å²) in [5.41, 5.74) is 1.86. The van der Waals surface area contributed by atoms with Crippen molar-refractivity contribution in [2.75, 3.05) is 5.32 Å². The van der Waals surface area contributed by atoms with E-state index in [1.54, 1.807) is 48.5 Å². The number of carbonyl (C=O) groups is 1. The van der Waals surface area contributed by atoms with E-state index in [2.05, 4.69) is 15.3 Å². The highest BCUT2D eigenvalue weighted by Crippen LogP contribution is 2.29. The van der Waals surface area contributed by atoms with Gasteiger partial charge < -0.3 is 10.1 Å². The van der Waals surface area contributed by atoms with Crippen LogP contribution in [0, 0.1) is 0 Å². The topological polar surface area (TPSA) is 64.1 Å². The van der Waals surface area contributed by atoms with Crippen molar-refractivity contribution in [3.8, 4) is 11.6 Å². The first-order valence-corrected chi connectivity index (χ1v) is 9.11. The molecule has 4 aromatic rings. The number of nitrogens with zero attached hydrogens (tertiary/aromatic N) is 2. The highest BCUT2D eigenvalue weighted by atomic mass is 35.5. The fourth-order valence-corrected chi connectivity index (χ4v) is 2.91. The maximum atomic E-state index is 12.3. The van der Waals surface area contributed by atoms with E-state index >= 15 is 0 Å². The largest absolute Gasteiger partial charge is 0.438 e. The first-order chi connectivity index (χ1) is 13.6. The summed E-state index contributed by atoms with van der Waals surface area (Å²) < 4.78 is 5.87. The molecule has 0 saturated carbocycles. The molecular formula is C21H13Cl2N3O2. The Bertz CT molecular complexity index is 1150. The molecule has 1 heterocycles. The van der Waals surface area contributed by atoms with Crippen LogP contribution in [0.15, 0.2) is 72.8 Å². The van der Waals surface area contributed by atoms with Crippen LogP contribution >= 0.6 is 23.2 Å². The lowest BCUT2D eigenvalue weighted by molar-refractivity contribution is 0.102. The van der Waals surface area contributed by atoms with Crippen molar-refractivity contribution < 1.29 is 9.53 Å². The van der Waals surface area contributed by atoms with E-state index in [4.69, 9.17) is 27.9 Å². The Labute approximate surface area is 170 Å². The summed E-state index contributed by atoms with van der Waals surface area (Å²) in [6, 6.07) is 21.1. The van der Waals surface area contributed by atoms with Crippen molar-refractivity contribution in [1.82, 2.24) is 9.97 Å². The number of fused-ring (bicyclic) bond motifs is 1. The number of benzene rings is 3. The van der Waals surface area contributed by atoms with Gasteiger partial charge in [0.15, 0.2) is 0 Å². The standard InChI is InChI=1S/C21H13Cl2N3O2/c22-14-7-5-13(6-8-14)19(27)24-15-9-11-16(12-10-15)28-20-17-3-1-2-4-18(17)25-21(23)26-20/h1-12H,(H,24,27). The molecule has 0 aliphatic heterocycles. The molecule has 0 bridgehead atoms. The fourth-order valence-electron chi connectivity index (χ4n) is 2.62. The maximum absolute atomic E-state index is 12.3. The minimum absolute atomic E-state index is 0.112. The van der Waals surface area contributed by atoms with E-state index in [0.29, 0.717) is 33.4 Å². The molecule has 7 heteroatoms. The van der Waals surface area contributed by atoms with Gasteiger partial charge in [-0.2, -0.15) is 4.98 Å². The van der Waals surface area contributed by atoms with Crippen LogP contribution in [0.2, 0.25) is 10.3 Å². The minimum Gasteiger partial charge on any atom is -0.438 e.